The molecule has 0 aromatic rings. The van der Waals surface area contributed by atoms with Crippen LogP contribution in [0.3, 0.4) is 0 Å². The third-order valence-corrected chi connectivity index (χ3v) is 4.19. The molecule has 0 aromatic carbocycles. The molecule has 3 unspecified atom stereocenters. The van der Waals surface area contributed by atoms with E-state index in [4.69, 9.17) is 0 Å². The summed E-state index contributed by atoms with van der Waals surface area (Å²) in [5, 5.41) is 3.23. The minimum atomic E-state index is 0.0282. The van der Waals surface area contributed by atoms with Gasteiger partial charge in [-0.15, -0.1) is 0 Å². The predicted octanol–water partition coefficient (Wildman–Crippen LogP) is 0.000900. The number of hydrogen-bond donors (Lipinski definition) is 1. The quantitative estimate of drug-likeness (QED) is 0.660. The highest BCUT2D eigenvalue weighted by Gasteiger charge is 2.44. The van der Waals surface area contributed by atoms with Crippen LogP contribution in [0.1, 0.15) is 26.2 Å². The van der Waals surface area contributed by atoms with Gasteiger partial charge in [0.2, 0.25) is 5.91 Å². The van der Waals surface area contributed by atoms with E-state index in [-0.39, 0.29) is 6.04 Å². The molecular weight excluding hydrogens is 190 g/mol. The molecule has 1 N–H and O–H groups in total. The summed E-state index contributed by atoms with van der Waals surface area (Å²) in [6, 6.07) is 1.17. The SMILES string of the molecule is CC1NCN(C2CCN3CCCC23)C1=O. The average Bonchev–Trinajstić information content (AvgIpc) is 2.85. The van der Waals surface area contributed by atoms with Crippen molar-refractivity contribution in [1.29, 1.82) is 0 Å². The zero-order valence-corrected chi connectivity index (χ0v) is 9.28. The summed E-state index contributed by atoms with van der Waals surface area (Å²) < 4.78 is 0. The number of fused-ring (bicyclic) bond motifs is 1. The van der Waals surface area contributed by atoms with E-state index in [1.54, 1.807) is 0 Å². The lowest BCUT2D eigenvalue weighted by Crippen LogP contribution is -2.44. The third-order valence-electron chi connectivity index (χ3n) is 4.19. The van der Waals surface area contributed by atoms with Crippen molar-refractivity contribution < 1.29 is 4.79 Å². The Morgan fingerprint density at radius 1 is 1.27 bits per heavy atom. The first-order valence-electron chi connectivity index (χ1n) is 6.05. The second-order valence-corrected chi connectivity index (χ2v) is 4.99. The molecule has 0 saturated carbocycles. The van der Waals surface area contributed by atoms with Gasteiger partial charge in [-0.1, -0.05) is 0 Å². The van der Waals surface area contributed by atoms with Crippen molar-refractivity contribution in [3.05, 3.63) is 0 Å². The maximum atomic E-state index is 11.9. The summed E-state index contributed by atoms with van der Waals surface area (Å²) in [5.41, 5.74) is 0. The lowest BCUT2D eigenvalue weighted by molar-refractivity contribution is -0.130. The van der Waals surface area contributed by atoms with E-state index in [0.29, 0.717) is 18.0 Å². The third kappa shape index (κ3) is 1.39. The normalized spacial score (nSPS) is 41.5. The smallest absolute Gasteiger partial charge is 0.240 e. The summed E-state index contributed by atoms with van der Waals surface area (Å²) >= 11 is 0. The Balaban J connectivity index is 1.75. The van der Waals surface area contributed by atoms with E-state index in [9.17, 15) is 4.79 Å². The second-order valence-electron chi connectivity index (χ2n) is 4.99. The molecule has 0 spiro atoms. The Labute approximate surface area is 90.6 Å². The Hall–Kier alpha value is -0.610. The number of amides is 1. The first-order valence-corrected chi connectivity index (χ1v) is 6.05. The highest BCUT2D eigenvalue weighted by Crippen LogP contribution is 2.32. The van der Waals surface area contributed by atoms with Gasteiger partial charge in [0.05, 0.1) is 12.7 Å². The van der Waals surface area contributed by atoms with Crippen LogP contribution in [-0.2, 0) is 4.79 Å². The number of rotatable bonds is 1. The van der Waals surface area contributed by atoms with Gasteiger partial charge < -0.3 is 4.90 Å². The van der Waals surface area contributed by atoms with E-state index < -0.39 is 0 Å². The fourth-order valence-corrected chi connectivity index (χ4v) is 3.35. The van der Waals surface area contributed by atoms with E-state index in [2.05, 4.69) is 15.1 Å². The van der Waals surface area contributed by atoms with Crippen LogP contribution in [0.25, 0.3) is 0 Å². The van der Waals surface area contributed by atoms with E-state index >= 15 is 0 Å². The molecule has 3 aliphatic rings. The van der Waals surface area contributed by atoms with Gasteiger partial charge in [-0.3, -0.25) is 15.0 Å². The monoisotopic (exact) mass is 209 g/mol. The lowest BCUT2D eigenvalue weighted by Gasteiger charge is -2.28. The standard InChI is InChI=1S/C11H19N3O/c1-8-11(15)14(7-12-8)10-4-6-13-5-2-3-9(10)13/h8-10,12H,2-7H2,1H3. The van der Waals surface area contributed by atoms with Crippen LogP contribution in [0.2, 0.25) is 0 Å². The molecule has 0 bridgehead atoms. The summed E-state index contributed by atoms with van der Waals surface area (Å²) in [7, 11) is 0. The zero-order valence-electron chi connectivity index (χ0n) is 9.28. The number of hydrogen-bond acceptors (Lipinski definition) is 3. The molecule has 4 nitrogen and oxygen atoms in total. The van der Waals surface area contributed by atoms with Crippen LogP contribution in [0.5, 0.6) is 0 Å². The largest absolute Gasteiger partial charge is 0.324 e. The van der Waals surface area contributed by atoms with E-state index in [1.807, 2.05) is 6.92 Å². The minimum Gasteiger partial charge on any atom is -0.324 e. The highest BCUT2D eigenvalue weighted by atomic mass is 16.2. The van der Waals surface area contributed by atoms with Gasteiger partial charge in [0.25, 0.3) is 0 Å². The maximum absolute atomic E-state index is 11.9. The van der Waals surface area contributed by atoms with Gasteiger partial charge in [0.1, 0.15) is 0 Å². The average molecular weight is 209 g/mol. The minimum absolute atomic E-state index is 0.0282. The molecule has 3 fully saturated rings. The topological polar surface area (TPSA) is 35.6 Å². The Morgan fingerprint density at radius 3 is 2.87 bits per heavy atom. The molecule has 15 heavy (non-hydrogen) atoms. The molecule has 3 atom stereocenters. The molecule has 3 heterocycles. The molecule has 1 amide bonds. The predicted molar refractivity (Wildman–Crippen MR) is 57.3 cm³/mol. The lowest BCUT2D eigenvalue weighted by atomic mass is 10.1. The Bertz CT molecular complexity index is 281. The Morgan fingerprint density at radius 2 is 2.13 bits per heavy atom. The van der Waals surface area contributed by atoms with Gasteiger partial charge in [-0.25, -0.2) is 0 Å². The van der Waals surface area contributed by atoms with Crippen molar-refractivity contribution in [2.45, 2.75) is 44.3 Å². The molecular formula is C11H19N3O. The van der Waals surface area contributed by atoms with Crippen LogP contribution >= 0.6 is 0 Å². The Kier molecular flexibility index (Phi) is 2.21. The molecule has 3 saturated heterocycles. The number of nitrogens with zero attached hydrogens (tertiary/aromatic N) is 2. The fraction of sp³-hybridized carbons (Fsp3) is 0.909. The molecule has 84 valence electrons. The van der Waals surface area contributed by atoms with Crippen molar-refractivity contribution in [3.63, 3.8) is 0 Å². The highest BCUT2D eigenvalue weighted by molar-refractivity contribution is 5.83. The zero-order chi connectivity index (χ0) is 10.4. The van der Waals surface area contributed by atoms with E-state index in [0.717, 1.165) is 6.67 Å². The summed E-state index contributed by atoms with van der Waals surface area (Å²) in [5.74, 6) is 0.300. The molecule has 3 aliphatic heterocycles. The second kappa shape index (κ2) is 3.46. The number of carbonyl (C=O) groups is 1. The molecule has 3 rings (SSSR count). The van der Waals surface area contributed by atoms with Gasteiger partial charge in [0.15, 0.2) is 0 Å². The van der Waals surface area contributed by atoms with Crippen molar-refractivity contribution in [3.8, 4) is 0 Å². The molecule has 4 heteroatoms. The van der Waals surface area contributed by atoms with E-state index in [1.165, 1.54) is 32.4 Å². The first-order chi connectivity index (χ1) is 7.27. The molecule has 0 radical (unpaired) electrons. The van der Waals surface area contributed by atoms with Crippen LogP contribution in [0, 0.1) is 0 Å². The fourth-order valence-electron chi connectivity index (χ4n) is 3.35. The number of carbonyl (C=O) groups excluding carboxylic acids is 1. The van der Waals surface area contributed by atoms with Crippen molar-refractivity contribution in [2.75, 3.05) is 19.8 Å². The summed E-state index contributed by atoms with van der Waals surface area (Å²) in [6.45, 7) is 5.15. The van der Waals surface area contributed by atoms with Crippen molar-refractivity contribution in [1.82, 2.24) is 15.1 Å². The number of nitrogens with one attached hydrogen (secondary N) is 1. The van der Waals surface area contributed by atoms with Crippen LogP contribution in [0.15, 0.2) is 0 Å². The first kappa shape index (κ1) is 9.60. The van der Waals surface area contributed by atoms with Gasteiger partial charge in [-0.2, -0.15) is 0 Å². The summed E-state index contributed by atoms with van der Waals surface area (Å²) in [4.78, 5) is 16.6. The summed E-state index contributed by atoms with van der Waals surface area (Å²) in [6.07, 6.45) is 3.76. The van der Waals surface area contributed by atoms with Crippen LogP contribution < -0.4 is 5.32 Å². The molecule has 0 aromatic heterocycles. The van der Waals surface area contributed by atoms with Gasteiger partial charge >= 0.3 is 0 Å². The van der Waals surface area contributed by atoms with Crippen molar-refractivity contribution >= 4 is 5.91 Å². The van der Waals surface area contributed by atoms with Gasteiger partial charge in [-0.05, 0) is 32.7 Å². The van der Waals surface area contributed by atoms with Crippen LogP contribution in [-0.4, -0.2) is 53.6 Å². The van der Waals surface area contributed by atoms with Gasteiger partial charge in [0, 0.05) is 18.6 Å². The van der Waals surface area contributed by atoms with Crippen molar-refractivity contribution in [2.24, 2.45) is 0 Å². The maximum Gasteiger partial charge on any atom is 0.240 e. The van der Waals surface area contributed by atoms with Crippen LogP contribution in [0.4, 0.5) is 0 Å². The molecule has 0 aliphatic carbocycles.